The van der Waals surface area contributed by atoms with Crippen molar-refractivity contribution < 1.29 is 0 Å². The Morgan fingerprint density at radius 2 is 2.05 bits per heavy atom. The maximum Gasteiger partial charge on any atom is 0.0859 e. The number of halogens is 1. The third-order valence-corrected chi connectivity index (χ3v) is 4.84. The number of fused-ring (bicyclic) bond motifs is 1. The maximum absolute atomic E-state index is 6.05. The summed E-state index contributed by atoms with van der Waals surface area (Å²) in [6.45, 7) is 2.12. The topological polar surface area (TPSA) is 38.9 Å². The standard InChI is InChI=1S/C17H15BrN2S/c1-11-3-2-4-12(7-11)10-21-16-6-5-15(19)14-8-13(18)9-20-17(14)16/h2-9H,10,19H2,1H3. The summed E-state index contributed by atoms with van der Waals surface area (Å²) in [5.41, 5.74) is 10.4. The minimum absolute atomic E-state index is 0.763. The van der Waals surface area contributed by atoms with Crippen molar-refractivity contribution in [3.05, 3.63) is 64.3 Å². The van der Waals surface area contributed by atoms with Crippen molar-refractivity contribution in [3.63, 3.8) is 0 Å². The predicted octanol–water partition coefficient (Wildman–Crippen LogP) is 5.18. The fraction of sp³-hybridized carbons (Fsp3) is 0.118. The van der Waals surface area contributed by atoms with Crippen LogP contribution in [-0.4, -0.2) is 4.98 Å². The van der Waals surface area contributed by atoms with Crippen LogP contribution in [0.15, 0.2) is 58.0 Å². The Labute approximate surface area is 136 Å². The number of nitrogens with two attached hydrogens (primary N) is 1. The van der Waals surface area contributed by atoms with Crippen LogP contribution >= 0.6 is 27.7 Å². The van der Waals surface area contributed by atoms with Gasteiger partial charge in [0, 0.05) is 32.4 Å². The summed E-state index contributed by atoms with van der Waals surface area (Å²) in [6.07, 6.45) is 1.82. The van der Waals surface area contributed by atoms with E-state index in [0.717, 1.165) is 31.7 Å². The highest BCUT2D eigenvalue weighted by Crippen LogP contribution is 2.33. The van der Waals surface area contributed by atoms with E-state index >= 15 is 0 Å². The minimum Gasteiger partial charge on any atom is -0.398 e. The Kier molecular flexibility index (Phi) is 4.17. The van der Waals surface area contributed by atoms with Crippen molar-refractivity contribution in [1.29, 1.82) is 0 Å². The van der Waals surface area contributed by atoms with Crippen LogP contribution in [-0.2, 0) is 5.75 Å². The highest BCUT2D eigenvalue weighted by atomic mass is 79.9. The number of aryl methyl sites for hydroxylation is 1. The van der Waals surface area contributed by atoms with E-state index in [1.807, 2.05) is 18.3 Å². The monoisotopic (exact) mass is 358 g/mol. The van der Waals surface area contributed by atoms with E-state index < -0.39 is 0 Å². The van der Waals surface area contributed by atoms with E-state index in [9.17, 15) is 0 Å². The molecule has 1 heterocycles. The molecule has 4 heteroatoms. The SMILES string of the molecule is Cc1cccc(CSc2ccc(N)c3cc(Br)cnc23)c1. The zero-order valence-electron chi connectivity index (χ0n) is 11.6. The predicted molar refractivity (Wildman–Crippen MR) is 94.6 cm³/mol. The Hall–Kier alpha value is -1.52. The largest absolute Gasteiger partial charge is 0.398 e. The third kappa shape index (κ3) is 3.22. The molecule has 0 spiro atoms. The molecule has 0 aliphatic heterocycles. The van der Waals surface area contributed by atoms with Gasteiger partial charge in [-0.3, -0.25) is 4.98 Å². The minimum atomic E-state index is 0.763. The summed E-state index contributed by atoms with van der Waals surface area (Å²) in [5, 5.41) is 0.999. The molecule has 1 aromatic heterocycles. The van der Waals surface area contributed by atoms with Gasteiger partial charge in [0.1, 0.15) is 0 Å². The van der Waals surface area contributed by atoms with E-state index in [2.05, 4.69) is 58.2 Å². The highest BCUT2D eigenvalue weighted by Gasteiger charge is 2.07. The molecule has 3 aromatic rings. The molecule has 0 saturated carbocycles. The molecule has 2 N–H and O–H groups in total. The van der Waals surface area contributed by atoms with Crippen LogP contribution in [0.3, 0.4) is 0 Å². The number of hydrogen-bond donors (Lipinski definition) is 1. The second-order valence-electron chi connectivity index (χ2n) is 4.98. The summed E-state index contributed by atoms with van der Waals surface area (Å²) in [7, 11) is 0. The number of thioether (sulfide) groups is 1. The molecule has 3 rings (SSSR count). The lowest BCUT2D eigenvalue weighted by molar-refractivity contribution is 1.32. The van der Waals surface area contributed by atoms with Crippen LogP contribution in [0.5, 0.6) is 0 Å². The summed E-state index contributed by atoms with van der Waals surface area (Å²) in [5.74, 6) is 0.929. The summed E-state index contributed by atoms with van der Waals surface area (Å²) < 4.78 is 0.947. The first kappa shape index (κ1) is 14.4. The number of nitrogens with zero attached hydrogens (tertiary/aromatic N) is 1. The molecule has 2 nitrogen and oxygen atoms in total. The average Bonchev–Trinajstić information content (AvgIpc) is 2.47. The molecule has 0 atom stereocenters. The second-order valence-corrected chi connectivity index (χ2v) is 6.91. The van der Waals surface area contributed by atoms with Crippen LogP contribution < -0.4 is 5.73 Å². The molecule has 0 amide bonds. The molecule has 0 aliphatic rings. The van der Waals surface area contributed by atoms with Gasteiger partial charge in [0.05, 0.1) is 5.52 Å². The molecule has 0 saturated heterocycles. The van der Waals surface area contributed by atoms with Gasteiger partial charge in [-0.1, -0.05) is 29.8 Å². The van der Waals surface area contributed by atoms with Crippen molar-refractivity contribution >= 4 is 44.3 Å². The summed E-state index contributed by atoms with van der Waals surface area (Å²) in [6, 6.07) is 14.6. The Bertz CT molecular complexity index is 802. The molecule has 0 radical (unpaired) electrons. The molecule has 0 fully saturated rings. The van der Waals surface area contributed by atoms with Gasteiger partial charge in [0.25, 0.3) is 0 Å². The summed E-state index contributed by atoms with van der Waals surface area (Å²) in [4.78, 5) is 5.68. The van der Waals surface area contributed by atoms with Gasteiger partial charge in [0.2, 0.25) is 0 Å². The van der Waals surface area contributed by atoms with Crippen molar-refractivity contribution in [2.45, 2.75) is 17.6 Å². The van der Waals surface area contributed by atoms with Crippen molar-refractivity contribution in [2.75, 3.05) is 5.73 Å². The molecular weight excluding hydrogens is 344 g/mol. The number of anilines is 1. The van der Waals surface area contributed by atoms with Gasteiger partial charge in [-0.2, -0.15) is 0 Å². The first-order chi connectivity index (χ1) is 10.1. The first-order valence-corrected chi connectivity index (χ1v) is 8.43. The van der Waals surface area contributed by atoms with Gasteiger partial charge >= 0.3 is 0 Å². The van der Waals surface area contributed by atoms with Gasteiger partial charge in [-0.05, 0) is 46.6 Å². The number of pyridine rings is 1. The van der Waals surface area contributed by atoms with E-state index in [1.165, 1.54) is 11.1 Å². The van der Waals surface area contributed by atoms with Crippen LogP contribution in [0, 0.1) is 6.92 Å². The first-order valence-electron chi connectivity index (χ1n) is 6.65. The number of nitrogen functional groups attached to an aromatic ring is 1. The normalized spacial score (nSPS) is 11.0. The number of hydrogen-bond acceptors (Lipinski definition) is 3. The number of rotatable bonds is 3. The number of aromatic nitrogens is 1. The fourth-order valence-electron chi connectivity index (χ4n) is 2.27. The quantitative estimate of drug-likeness (QED) is 0.517. The van der Waals surface area contributed by atoms with Crippen molar-refractivity contribution in [1.82, 2.24) is 4.98 Å². The fourth-order valence-corrected chi connectivity index (χ4v) is 3.57. The Morgan fingerprint density at radius 1 is 1.19 bits per heavy atom. The van der Waals surface area contributed by atoms with E-state index in [1.54, 1.807) is 11.8 Å². The Balaban J connectivity index is 1.92. The highest BCUT2D eigenvalue weighted by molar-refractivity contribution is 9.10. The van der Waals surface area contributed by atoms with E-state index in [-0.39, 0.29) is 0 Å². The molecule has 106 valence electrons. The molecule has 0 unspecified atom stereocenters. The van der Waals surface area contributed by atoms with Crippen molar-refractivity contribution in [2.24, 2.45) is 0 Å². The van der Waals surface area contributed by atoms with Gasteiger partial charge in [-0.25, -0.2) is 0 Å². The second kappa shape index (κ2) is 6.08. The lowest BCUT2D eigenvalue weighted by atomic mass is 10.2. The molecule has 21 heavy (non-hydrogen) atoms. The molecule has 2 aromatic carbocycles. The third-order valence-electron chi connectivity index (χ3n) is 3.29. The van der Waals surface area contributed by atoms with Crippen LogP contribution in [0.1, 0.15) is 11.1 Å². The lowest BCUT2D eigenvalue weighted by Crippen LogP contribution is -1.91. The van der Waals surface area contributed by atoms with Crippen molar-refractivity contribution in [3.8, 4) is 0 Å². The Morgan fingerprint density at radius 3 is 2.86 bits per heavy atom. The zero-order valence-corrected chi connectivity index (χ0v) is 14.0. The van der Waals surface area contributed by atoms with Gasteiger partial charge in [0.15, 0.2) is 0 Å². The maximum atomic E-state index is 6.05. The lowest BCUT2D eigenvalue weighted by Gasteiger charge is -2.08. The molecule has 0 aliphatic carbocycles. The molecular formula is C17H15BrN2S. The zero-order chi connectivity index (χ0) is 14.8. The smallest absolute Gasteiger partial charge is 0.0859 e. The van der Waals surface area contributed by atoms with Crippen LogP contribution in [0.4, 0.5) is 5.69 Å². The number of benzene rings is 2. The van der Waals surface area contributed by atoms with Gasteiger partial charge < -0.3 is 5.73 Å². The van der Waals surface area contributed by atoms with E-state index in [4.69, 9.17) is 5.73 Å². The van der Waals surface area contributed by atoms with E-state index in [0.29, 0.717) is 0 Å². The molecule has 0 bridgehead atoms. The van der Waals surface area contributed by atoms with Gasteiger partial charge in [-0.15, -0.1) is 11.8 Å². The average molecular weight is 359 g/mol. The summed E-state index contributed by atoms with van der Waals surface area (Å²) >= 11 is 5.24. The van der Waals surface area contributed by atoms with Crippen LogP contribution in [0.25, 0.3) is 10.9 Å². The van der Waals surface area contributed by atoms with Crippen LogP contribution in [0.2, 0.25) is 0 Å².